The van der Waals surface area contributed by atoms with Crippen molar-refractivity contribution in [3.8, 4) is 11.5 Å². The summed E-state index contributed by atoms with van der Waals surface area (Å²) in [4.78, 5) is 23.0. The highest BCUT2D eigenvalue weighted by molar-refractivity contribution is 5.79. The number of ether oxygens (including phenoxy) is 3. The first-order chi connectivity index (χ1) is 9.83. The summed E-state index contributed by atoms with van der Waals surface area (Å²) in [6, 6.07) is 7.14. The molecule has 2 N–H and O–H groups in total. The average molecular weight is 294 g/mol. The molecule has 0 atom stereocenters. The van der Waals surface area contributed by atoms with E-state index in [-0.39, 0.29) is 6.42 Å². The molecule has 1 heterocycles. The number of rotatable bonds is 2. The Kier molecular flexibility index (Phi) is 4.21. The van der Waals surface area contributed by atoms with Crippen molar-refractivity contribution in [2.24, 2.45) is 0 Å². The normalized spacial score (nSPS) is 13.7. The van der Waals surface area contributed by atoms with Gasteiger partial charge in [0.1, 0.15) is 12.0 Å². The number of hydrazine groups is 1. The van der Waals surface area contributed by atoms with Gasteiger partial charge in [0, 0.05) is 0 Å². The summed E-state index contributed by atoms with van der Waals surface area (Å²) in [5, 5.41) is 0. The summed E-state index contributed by atoms with van der Waals surface area (Å²) >= 11 is 0. The Morgan fingerprint density at radius 3 is 2.24 bits per heavy atom. The van der Waals surface area contributed by atoms with Crippen molar-refractivity contribution in [3.05, 3.63) is 24.3 Å². The third-order valence-corrected chi connectivity index (χ3v) is 2.42. The van der Waals surface area contributed by atoms with E-state index >= 15 is 0 Å². The van der Waals surface area contributed by atoms with Gasteiger partial charge in [-0.05, 0) is 32.9 Å². The highest BCUT2D eigenvalue weighted by atomic mass is 16.7. The van der Waals surface area contributed by atoms with E-state index in [1.165, 1.54) is 0 Å². The first-order valence-corrected chi connectivity index (χ1v) is 6.54. The van der Waals surface area contributed by atoms with Crippen LogP contribution in [0.25, 0.3) is 0 Å². The third-order valence-electron chi connectivity index (χ3n) is 2.42. The molecule has 21 heavy (non-hydrogen) atoms. The molecule has 1 aliphatic rings. The molecule has 0 saturated carbocycles. The summed E-state index contributed by atoms with van der Waals surface area (Å²) in [7, 11) is 0. The molecule has 2 rings (SSSR count). The topological polar surface area (TPSA) is 85.9 Å². The van der Waals surface area contributed by atoms with Gasteiger partial charge >= 0.3 is 6.09 Å². The minimum absolute atomic E-state index is 0.0511. The summed E-state index contributed by atoms with van der Waals surface area (Å²) in [6.07, 6.45) is -1.49. The second-order valence-electron chi connectivity index (χ2n) is 5.49. The molecular formula is C14H18N2O5. The molecule has 0 bridgehead atoms. The molecule has 7 heteroatoms. The molecular weight excluding hydrogens is 276 g/mol. The Hall–Kier alpha value is -2.44. The van der Waals surface area contributed by atoms with E-state index in [0.29, 0.717) is 11.5 Å². The van der Waals surface area contributed by atoms with Gasteiger partial charge in [-0.1, -0.05) is 12.1 Å². The average Bonchev–Trinajstić information content (AvgIpc) is 2.76. The van der Waals surface area contributed by atoms with Crippen LogP contribution >= 0.6 is 0 Å². The van der Waals surface area contributed by atoms with Crippen LogP contribution < -0.4 is 20.3 Å². The highest BCUT2D eigenvalue weighted by Gasteiger charge is 2.26. The molecule has 1 aromatic rings. The smallest absolute Gasteiger partial charge is 0.426 e. The number of hydrogen-bond acceptors (Lipinski definition) is 5. The Bertz CT molecular complexity index is 513. The zero-order valence-electron chi connectivity index (χ0n) is 12.1. The van der Waals surface area contributed by atoms with Crippen molar-refractivity contribution in [2.45, 2.75) is 39.1 Å². The molecule has 1 aromatic carbocycles. The maximum atomic E-state index is 11.7. The Morgan fingerprint density at radius 2 is 1.71 bits per heavy atom. The number of amides is 2. The lowest BCUT2D eigenvalue weighted by molar-refractivity contribution is -0.126. The minimum Gasteiger partial charge on any atom is -0.450 e. The van der Waals surface area contributed by atoms with E-state index in [2.05, 4.69) is 10.9 Å². The highest BCUT2D eigenvalue weighted by Crippen LogP contribution is 2.34. The fourth-order valence-electron chi connectivity index (χ4n) is 1.66. The summed E-state index contributed by atoms with van der Waals surface area (Å²) in [5.74, 6) is 0.740. The van der Waals surface area contributed by atoms with Crippen molar-refractivity contribution < 1.29 is 23.8 Å². The van der Waals surface area contributed by atoms with Gasteiger partial charge in [0.2, 0.25) is 12.2 Å². The zero-order chi connectivity index (χ0) is 15.5. The fourth-order valence-corrected chi connectivity index (χ4v) is 1.66. The fraction of sp³-hybridized carbons (Fsp3) is 0.429. The van der Waals surface area contributed by atoms with Crippen molar-refractivity contribution in [3.63, 3.8) is 0 Å². The number of hydrogen-bond donors (Lipinski definition) is 2. The van der Waals surface area contributed by atoms with Crippen LogP contribution in [0.3, 0.4) is 0 Å². The second kappa shape index (κ2) is 5.90. The first-order valence-electron chi connectivity index (χ1n) is 6.54. The van der Waals surface area contributed by atoms with Crippen molar-refractivity contribution in [1.82, 2.24) is 10.9 Å². The third kappa shape index (κ3) is 4.55. The number of fused-ring (bicyclic) bond motifs is 1. The Balaban J connectivity index is 1.73. The van der Waals surface area contributed by atoms with Gasteiger partial charge in [0.25, 0.3) is 0 Å². The zero-order valence-corrected chi connectivity index (χ0v) is 12.1. The maximum Gasteiger partial charge on any atom is 0.426 e. The summed E-state index contributed by atoms with van der Waals surface area (Å²) in [5.41, 5.74) is 3.77. The van der Waals surface area contributed by atoms with Crippen molar-refractivity contribution in [2.75, 3.05) is 0 Å². The van der Waals surface area contributed by atoms with E-state index in [4.69, 9.17) is 14.2 Å². The van der Waals surface area contributed by atoms with E-state index < -0.39 is 23.9 Å². The molecule has 2 amide bonds. The van der Waals surface area contributed by atoms with Crippen molar-refractivity contribution in [1.29, 1.82) is 0 Å². The van der Waals surface area contributed by atoms with E-state index in [1.54, 1.807) is 32.9 Å². The second-order valence-corrected chi connectivity index (χ2v) is 5.49. The van der Waals surface area contributed by atoms with Crippen LogP contribution in [0.4, 0.5) is 4.79 Å². The van der Waals surface area contributed by atoms with Gasteiger partial charge in [0.05, 0.1) is 0 Å². The van der Waals surface area contributed by atoms with Crippen LogP contribution in [0.5, 0.6) is 11.5 Å². The number of para-hydroxylation sites is 2. The summed E-state index contributed by atoms with van der Waals surface area (Å²) < 4.78 is 15.9. The molecule has 0 unspecified atom stereocenters. The minimum atomic E-state index is -0.729. The largest absolute Gasteiger partial charge is 0.450 e. The number of nitrogens with one attached hydrogen (secondary N) is 2. The molecule has 0 aromatic heterocycles. The number of carbonyl (C=O) groups is 2. The van der Waals surface area contributed by atoms with Crippen LogP contribution in [0.2, 0.25) is 0 Å². The van der Waals surface area contributed by atoms with Gasteiger partial charge < -0.3 is 14.2 Å². The van der Waals surface area contributed by atoms with E-state index in [9.17, 15) is 9.59 Å². The molecule has 114 valence electrons. The standard InChI is InChI=1S/C14H18N2O5/c1-14(2,3)21-13(18)16-15-11(17)8-12-19-9-6-4-5-7-10(9)20-12/h4-7,12H,8H2,1-3H3,(H,15,17)(H,16,18). The monoisotopic (exact) mass is 294 g/mol. The number of carbonyl (C=O) groups excluding carboxylic acids is 2. The maximum absolute atomic E-state index is 11.7. The predicted molar refractivity (Wildman–Crippen MR) is 73.6 cm³/mol. The predicted octanol–water partition coefficient (Wildman–Crippen LogP) is 1.73. The van der Waals surface area contributed by atoms with Gasteiger partial charge in [0.15, 0.2) is 11.5 Å². The summed E-state index contributed by atoms with van der Waals surface area (Å²) in [6.45, 7) is 5.18. The van der Waals surface area contributed by atoms with Crippen LogP contribution in [0.1, 0.15) is 27.2 Å². The number of benzene rings is 1. The van der Waals surface area contributed by atoms with E-state index in [1.807, 2.05) is 12.1 Å². The lowest BCUT2D eigenvalue weighted by atomic mass is 10.2. The SMILES string of the molecule is CC(C)(C)OC(=O)NNC(=O)CC1Oc2ccccc2O1. The molecule has 0 spiro atoms. The van der Waals surface area contributed by atoms with Gasteiger partial charge in [-0.15, -0.1) is 0 Å². The lowest BCUT2D eigenvalue weighted by Gasteiger charge is -2.19. The van der Waals surface area contributed by atoms with Crippen LogP contribution in [-0.4, -0.2) is 23.9 Å². The van der Waals surface area contributed by atoms with Crippen molar-refractivity contribution >= 4 is 12.0 Å². The van der Waals surface area contributed by atoms with Gasteiger partial charge in [-0.2, -0.15) is 0 Å². The Morgan fingerprint density at radius 1 is 1.14 bits per heavy atom. The van der Waals surface area contributed by atoms with Crippen LogP contribution in [0, 0.1) is 0 Å². The molecule has 0 saturated heterocycles. The first kappa shape index (κ1) is 15.0. The van der Waals surface area contributed by atoms with Crippen LogP contribution in [0.15, 0.2) is 24.3 Å². The molecule has 0 fully saturated rings. The van der Waals surface area contributed by atoms with E-state index in [0.717, 1.165) is 0 Å². The lowest BCUT2D eigenvalue weighted by Crippen LogP contribution is -2.45. The molecule has 0 aliphatic carbocycles. The van der Waals surface area contributed by atoms with Crippen LogP contribution in [-0.2, 0) is 9.53 Å². The van der Waals surface area contributed by atoms with Gasteiger partial charge in [-0.3, -0.25) is 10.2 Å². The van der Waals surface area contributed by atoms with Gasteiger partial charge in [-0.25, -0.2) is 10.2 Å². The molecule has 7 nitrogen and oxygen atoms in total. The molecule has 1 aliphatic heterocycles. The molecule has 0 radical (unpaired) electrons. The quantitative estimate of drug-likeness (QED) is 0.811. The Labute approximate surface area is 122 Å².